The first-order valence-corrected chi connectivity index (χ1v) is 10.7. The zero-order valence-electron chi connectivity index (χ0n) is 17.6. The van der Waals surface area contributed by atoms with Crippen LogP contribution in [-0.2, 0) is 9.53 Å². The quantitative estimate of drug-likeness (QED) is 0.402. The van der Waals surface area contributed by atoms with Crippen molar-refractivity contribution >= 4 is 29.1 Å². The van der Waals surface area contributed by atoms with Crippen LogP contribution in [0, 0.1) is 11.7 Å². The first kappa shape index (κ1) is 24.0. The molecule has 0 bridgehead atoms. The lowest BCUT2D eigenvalue weighted by atomic mass is 9.88. The maximum atomic E-state index is 14.0. The second kappa shape index (κ2) is 12.4. The first-order chi connectivity index (χ1) is 14.5. The average molecular weight is 439 g/mol. The van der Waals surface area contributed by atoms with E-state index in [1.54, 1.807) is 13.2 Å². The summed E-state index contributed by atoms with van der Waals surface area (Å²) in [5, 5.41) is 9.46. The molecule has 1 aromatic rings. The number of carbonyl (C=O) groups is 2. The van der Waals surface area contributed by atoms with Crippen LogP contribution in [0.5, 0.6) is 0 Å². The van der Waals surface area contributed by atoms with Crippen LogP contribution in [-0.4, -0.2) is 67.8 Å². The number of rotatable bonds is 9. The van der Waals surface area contributed by atoms with Gasteiger partial charge in [0.15, 0.2) is 5.11 Å². The van der Waals surface area contributed by atoms with E-state index in [1.165, 1.54) is 18.2 Å². The topological polar surface area (TPSA) is 82.7 Å². The Morgan fingerprint density at radius 2 is 1.97 bits per heavy atom. The number of nitrogens with one attached hydrogen (secondary N) is 3. The first-order valence-electron chi connectivity index (χ1n) is 10.3. The van der Waals surface area contributed by atoms with Crippen molar-refractivity contribution < 1.29 is 18.7 Å². The van der Waals surface area contributed by atoms with Crippen LogP contribution in [0.4, 0.5) is 4.39 Å². The number of thiocarbonyl (C=S) groups is 1. The molecular formula is C21H31FN4O3S. The zero-order valence-corrected chi connectivity index (χ0v) is 18.4. The van der Waals surface area contributed by atoms with Crippen LogP contribution < -0.4 is 16.0 Å². The smallest absolute Gasteiger partial charge is 0.254 e. The van der Waals surface area contributed by atoms with E-state index in [-0.39, 0.29) is 17.4 Å². The minimum atomic E-state index is -0.741. The number of halogens is 1. The molecule has 0 spiro atoms. The molecule has 2 amide bonds. The maximum absolute atomic E-state index is 14.0. The standard InChI is InChI=1S/C21H31FN4O3S/c1-3-23-21(30)26-12-9-15(10-13-26)18(20(28)24-11-6-14-29-2)25-19(27)16-7-4-5-8-17(16)22/h4-5,7-8,15,18H,3,6,9-14H2,1-2H3,(H,23,30)(H,24,28)(H,25,27)/t18-/m0/s1. The lowest BCUT2D eigenvalue weighted by molar-refractivity contribution is -0.124. The number of amides is 2. The number of carbonyl (C=O) groups excluding carboxylic acids is 2. The molecule has 0 unspecified atom stereocenters. The van der Waals surface area contributed by atoms with Crippen LogP contribution in [0.2, 0.25) is 0 Å². The molecule has 0 aromatic heterocycles. The second-order valence-corrected chi connectivity index (χ2v) is 7.62. The Labute approximate surface area is 182 Å². The van der Waals surface area contributed by atoms with Gasteiger partial charge in [-0.05, 0) is 56.5 Å². The van der Waals surface area contributed by atoms with E-state index in [4.69, 9.17) is 17.0 Å². The van der Waals surface area contributed by atoms with Gasteiger partial charge in [0.25, 0.3) is 5.91 Å². The summed E-state index contributed by atoms with van der Waals surface area (Å²) >= 11 is 5.37. The van der Waals surface area contributed by atoms with Gasteiger partial charge in [0.05, 0.1) is 5.56 Å². The van der Waals surface area contributed by atoms with Gasteiger partial charge < -0.3 is 25.6 Å². The third kappa shape index (κ3) is 6.91. The molecule has 2 rings (SSSR count). The molecule has 1 aliphatic rings. The molecule has 1 saturated heterocycles. The fraction of sp³-hybridized carbons (Fsp3) is 0.571. The summed E-state index contributed by atoms with van der Waals surface area (Å²) in [7, 11) is 1.60. The van der Waals surface area contributed by atoms with Crippen LogP contribution >= 0.6 is 12.2 Å². The molecule has 1 aliphatic heterocycles. The third-order valence-corrected chi connectivity index (χ3v) is 5.54. The Kier molecular flexibility index (Phi) is 9.96. The predicted octanol–water partition coefficient (Wildman–Crippen LogP) is 1.68. The maximum Gasteiger partial charge on any atom is 0.254 e. The van der Waals surface area contributed by atoms with E-state index in [1.807, 2.05) is 6.92 Å². The van der Waals surface area contributed by atoms with Crippen molar-refractivity contribution in [3.63, 3.8) is 0 Å². The average Bonchev–Trinajstić information content (AvgIpc) is 2.75. The van der Waals surface area contributed by atoms with Crippen molar-refractivity contribution in [2.45, 2.75) is 32.2 Å². The van der Waals surface area contributed by atoms with Crippen LogP contribution in [0.3, 0.4) is 0 Å². The molecule has 1 heterocycles. The van der Waals surface area contributed by atoms with Gasteiger partial charge in [0, 0.05) is 39.9 Å². The lowest BCUT2D eigenvalue weighted by Gasteiger charge is -2.37. The third-order valence-electron chi connectivity index (χ3n) is 5.14. The fourth-order valence-corrected chi connectivity index (χ4v) is 3.83. The Morgan fingerprint density at radius 3 is 2.60 bits per heavy atom. The Hall–Kier alpha value is -2.26. The highest BCUT2D eigenvalue weighted by molar-refractivity contribution is 7.80. The number of likely N-dealkylation sites (tertiary alicyclic amines) is 1. The van der Waals surface area contributed by atoms with Gasteiger partial charge >= 0.3 is 0 Å². The molecule has 1 atom stereocenters. The normalized spacial score (nSPS) is 15.4. The summed E-state index contributed by atoms with van der Waals surface area (Å²) < 4.78 is 19.0. The number of hydrogen-bond acceptors (Lipinski definition) is 4. The van der Waals surface area contributed by atoms with E-state index in [2.05, 4.69) is 20.9 Å². The zero-order chi connectivity index (χ0) is 21.9. The molecule has 7 nitrogen and oxygen atoms in total. The number of piperidine rings is 1. The number of benzene rings is 1. The van der Waals surface area contributed by atoms with Gasteiger partial charge in [-0.2, -0.15) is 0 Å². The van der Waals surface area contributed by atoms with Crippen molar-refractivity contribution in [2.75, 3.05) is 39.9 Å². The van der Waals surface area contributed by atoms with E-state index in [9.17, 15) is 14.0 Å². The lowest BCUT2D eigenvalue weighted by Crippen LogP contribution is -2.54. The SMILES string of the molecule is CCNC(=S)N1CCC([C@H](NC(=O)c2ccccc2F)C(=O)NCCCOC)CC1. The van der Waals surface area contributed by atoms with E-state index >= 15 is 0 Å². The highest BCUT2D eigenvalue weighted by Crippen LogP contribution is 2.22. The van der Waals surface area contributed by atoms with Crippen molar-refractivity contribution in [1.82, 2.24) is 20.9 Å². The Morgan fingerprint density at radius 1 is 1.27 bits per heavy atom. The summed E-state index contributed by atoms with van der Waals surface area (Å²) in [4.78, 5) is 27.6. The number of methoxy groups -OCH3 is 1. The number of nitrogens with zero attached hydrogens (tertiary/aromatic N) is 1. The molecule has 0 aliphatic carbocycles. The van der Waals surface area contributed by atoms with E-state index in [0.29, 0.717) is 50.6 Å². The summed E-state index contributed by atoms with van der Waals surface area (Å²) in [6, 6.07) is 5.02. The number of hydrogen-bond donors (Lipinski definition) is 3. The van der Waals surface area contributed by atoms with Crippen molar-refractivity contribution in [1.29, 1.82) is 0 Å². The Bertz CT molecular complexity index is 726. The van der Waals surface area contributed by atoms with Crippen LogP contribution in [0.25, 0.3) is 0 Å². The van der Waals surface area contributed by atoms with Gasteiger partial charge in [0.2, 0.25) is 5.91 Å². The largest absolute Gasteiger partial charge is 0.385 e. The molecular weight excluding hydrogens is 407 g/mol. The fourth-order valence-electron chi connectivity index (χ4n) is 3.50. The Balaban J connectivity index is 2.06. The highest BCUT2D eigenvalue weighted by atomic mass is 32.1. The second-order valence-electron chi connectivity index (χ2n) is 7.23. The summed E-state index contributed by atoms with van der Waals surface area (Å²) in [5.74, 6) is -1.52. The molecule has 9 heteroatoms. The van der Waals surface area contributed by atoms with E-state index in [0.717, 1.165) is 6.54 Å². The molecule has 1 fully saturated rings. The van der Waals surface area contributed by atoms with Gasteiger partial charge in [0.1, 0.15) is 11.9 Å². The summed E-state index contributed by atoms with van der Waals surface area (Å²) in [6.07, 6.45) is 2.06. The van der Waals surface area contributed by atoms with Crippen molar-refractivity contribution in [3.05, 3.63) is 35.6 Å². The minimum absolute atomic E-state index is 0.0659. The predicted molar refractivity (Wildman–Crippen MR) is 118 cm³/mol. The van der Waals surface area contributed by atoms with Crippen LogP contribution in [0.15, 0.2) is 24.3 Å². The molecule has 166 valence electrons. The molecule has 0 radical (unpaired) electrons. The van der Waals surface area contributed by atoms with Gasteiger partial charge in [-0.25, -0.2) is 4.39 Å². The van der Waals surface area contributed by atoms with E-state index < -0.39 is 17.8 Å². The molecule has 3 N–H and O–H groups in total. The van der Waals surface area contributed by atoms with Crippen LogP contribution in [0.1, 0.15) is 36.5 Å². The minimum Gasteiger partial charge on any atom is -0.385 e. The summed E-state index contributed by atoms with van der Waals surface area (Å²) in [5.41, 5.74) is -0.0690. The number of ether oxygens (including phenoxy) is 1. The monoisotopic (exact) mass is 438 g/mol. The summed E-state index contributed by atoms with van der Waals surface area (Å²) in [6.45, 7) is 5.11. The van der Waals surface area contributed by atoms with Crippen molar-refractivity contribution in [3.8, 4) is 0 Å². The van der Waals surface area contributed by atoms with Gasteiger partial charge in [-0.3, -0.25) is 9.59 Å². The highest BCUT2D eigenvalue weighted by Gasteiger charge is 2.33. The van der Waals surface area contributed by atoms with Gasteiger partial charge in [-0.15, -0.1) is 0 Å². The molecule has 1 aromatic carbocycles. The molecule has 30 heavy (non-hydrogen) atoms. The van der Waals surface area contributed by atoms with Gasteiger partial charge in [-0.1, -0.05) is 12.1 Å². The molecule has 0 saturated carbocycles. The van der Waals surface area contributed by atoms with Crippen molar-refractivity contribution in [2.24, 2.45) is 5.92 Å².